The Morgan fingerprint density at radius 1 is 1.10 bits per heavy atom. The Bertz CT molecular complexity index is 1280. The topological polar surface area (TPSA) is 89.7 Å². The molecule has 220 valence electrons. The Kier molecular flexibility index (Phi) is 11.8. The van der Waals surface area contributed by atoms with Crippen LogP contribution in [-0.4, -0.2) is 54.7 Å². The van der Waals surface area contributed by atoms with Gasteiger partial charge in [0.25, 0.3) is 0 Å². The molecule has 3 aromatic rings. The van der Waals surface area contributed by atoms with Gasteiger partial charge in [-0.15, -0.1) is 0 Å². The van der Waals surface area contributed by atoms with Gasteiger partial charge in [-0.1, -0.05) is 24.3 Å². The molecule has 3 N–H and O–H groups in total. The number of rotatable bonds is 15. The molecule has 0 amide bonds. The highest BCUT2D eigenvalue weighted by Gasteiger charge is 2.18. The maximum absolute atomic E-state index is 13.5. The highest BCUT2D eigenvalue weighted by Crippen LogP contribution is 2.24. The van der Waals surface area contributed by atoms with Crippen molar-refractivity contribution in [1.29, 1.82) is 0 Å². The van der Waals surface area contributed by atoms with E-state index < -0.39 is 23.6 Å². The number of nitrogens with two attached hydrogens (primary N) is 1. The number of hydrogen-bond acceptors (Lipinski definition) is 8. The summed E-state index contributed by atoms with van der Waals surface area (Å²) in [5.41, 5.74) is 9.52. The Hall–Kier alpha value is -3.21. The van der Waals surface area contributed by atoms with Gasteiger partial charge in [0.1, 0.15) is 35.9 Å². The van der Waals surface area contributed by atoms with Crippen LogP contribution in [0.1, 0.15) is 42.5 Å². The van der Waals surface area contributed by atoms with Crippen LogP contribution in [0.4, 0.5) is 14.6 Å². The van der Waals surface area contributed by atoms with Crippen molar-refractivity contribution in [3.8, 4) is 5.75 Å². The van der Waals surface area contributed by atoms with Gasteiger partial charge < -0.3 is 20.0 Å². The van der Waals surface area contributed by atoms with E-state index in [0.29, 0.717) is 19.5 Å². The summed E-state index contributed by atoms with van der Waals surface area (Å²) < 4.78 is 38.1. The van der Waals surface area contributed by atoms with Gasteiger partial charge in [-0.25, -0.2) is 18.6 Å². The minimum absolute atomic E-state index is 0.142. The lowest BCUT2D eigenvalue weighted by Gasteiger charge is -2.23. The first-order chi connectivity index (χ1) is 19.9. The van der Waals surface area contributed by atoms with Crippen LogP contribution >= 0.6 is 12.0 Å². The fourth-order valence-corrected chi connectivity index (χ4v) is 5.26. The van der Waals surface area contributed by atoms with Gasteiger partial charge >= 0.3 is 5.97 Å². The lowest BCUT2D eigenvalue weighted by Crippen LogP contribution is -2.38. The zero-order valence-electron chi connectivity index (χ0n) is 23.4. The normalized spacial score (nSPS) is 13.4. The van der Waals surface area contributed by atoms with Crippen LogP contribution in [0.15, 0.2) is 59.5 Å². The number of fused-ring (bicyclic) bond motifs is 1. The van der Waals surface area contributed by atoms with Crippen molar-refractivity contribution >= 4 is 23.8 Å². The number of aryl methyl sites for hydroxylation is 3. The first kappa shape index (κ1) is 30.7. The number of carbonyl (C=O) groups excluding carboxylic acids is 1. The van der Waals surface area contributed by atoms with Crippen LogP contribution in [-0.2, 0) is 21.8 Å². The molecule has 1 atom stereocenters. The van der Waals surface area contributed by atoms with Gasteiger partial charge in [-0.2, -0.15) is 0 Å². The summed E-state index contributed by atoms with van der Waals surface area (Å²) >= 11 is 1.02. The predicted octanol–water partition coefficient (Wildman–Crippen LogP) is 5.70. The summed E-state index contributed by atoms with van der Waals surface area (Å²) in [6.07, 6.45) is 5.32. The van der Waals surface area contributed by atoms with Gasteiger partial charge in [0.15, 0.2) is 0 Å². The molecule has 0 saturated heterocycles. The van der Waals surface area contributed by atoms with Crippen molar-refractivity contribution in [2.45, 2.75) is 56.4 Å². The number of benzene rings is 2. The maximum Gasteiger partial charge on any atom is 0.335 e. The monoisotopic (exact) mass is 584 g/mol. The quantitative estimate of drug-likeness (QED) is 0.174. The van der Waals surface area contributed by atoms with Crippen LogP contribution in [0.2, 0.25) is 0 Å². The summed E-state index contributed by atoms with van der Waals surface area (Å²) in [5, 5.41) is 3.38. The number of anilines is 1. The van der Waals surface area contributed by atoms with Gasteiger partial charge in [0, 0.05) is 43.5 Å². The molecule has 2 heterocycles. The molecular formula is C31H38F2N4O3S. The number of unbranched alkanes of at least 4 members (excludes halogenated alkanes) is 1. The predicted molar refractivity (Wildman–Crippen MR) is 158 cm³/mol. The van der Waals surface area contributed by atoms with E-state index in [4.69, 9.17) is 19.6 Å². The third-order valence-corrected chi connectivity index (χ3v) is 7.87. The van der Waals surface area contributed by atoms with Gasteiger partial charge in [-0.05, 0) is 75.3 Å². The highest BCUT2D eigenvalue weighted by molar-refractivity contribution is 7.95. The number of nitrogens with one attached hydrogen (secondary N) is 1. The van der Waals surface area contributed by atoms with Gasteiger partial charge in [0.2, 0.25) is 0 Å². The van der Waals surface area contributed by atoms with Crippen molar-refractivity contribution in [3.63, 3.8) is 0 Å². The fourth-order valence-electron chi connectivity index (χ4n) is 4.63. The molecule has 1 aliphatic rings. The van der Waals surface area contributed by atoms with Crippen LogP contribution in [0.25, 0.3) is 0 Å². The third kappa shape index (κ3) is 9.98. The molecule has 0 unspecified atom stereocenters. The van der Waals surface area contributed by atoms with Crippen molar-refractivity contribution < 1.29 is 22.5 Å². The van der Waals surface area contributed by atoms with Crippen LogP contribution in [0.3, 0.4) is 0 Å². The molecule has 10 heteroatoms. The van der Waals surface area contributed by atoms with Gasteiger partial charge in [0.05, 0.1) is 16.9 Å². The average Bonchev–Trinajstić information content (AvgIpc) is 2.96. The first-order valence-electron chi connectivity index (χ1n) is 14.1. The summed E-state index contributed by atoms with van der Waals surface area (Å²) in [6, 6.07) is 14.3. The molecule has 0 radical (unpaired) electrons. The number of carbonyl (C=O) groups is 1. The number of pyridine rings is 1. The SMILES string of the molecule is Cc1ccccc1SOC(=O)[C@@H](N)CCN(CCCCc1ccc2c(n1)NCCC2)CCOc1cc(F)cc(F)c1. The second-order valence-corrected chi connectivity index (χ2v) is 11.0. The Labute approximate surface area is 245 Å². The molecule has 0 bridgehead atoms. The molecule has 4 rings (SSSR count). The fraction of sp³-hybridized carbons (Fsp3) is 0.419. The molecule has 7 nitrogen and oxygen atoms in total. The van der Waals surface area contributed by atoms with E-state index in [1.807, 2.05) is 31.2 Å². The van der Waals surface area contributed by atoms with E-state index in [9.17, 15) is 13.6 Å². The number of halogens is 2. The number of nitrogens with zero attached hydrogens (tertiary/aromatic N) is 2. The smallest absolute Gasteiger partial charge is 0.335 e. The molecule has 2 aromatic carbocycles. The maximum atomic E-state index is 13.5. The Balaban J connectivity index is 1.26. The number of aromatic nitrogens is 1. The van der Waals surface area contributed by atoms with Gasteiger partial charge in [-0.3, -0.25) is 4.90 Å². The van der Waals surface area contributed by atoms with Crippen molar-refractivity contribution in [2.75, 3.05) is 38.1 Å². The van der Waals surface area contributed by atoms with E-state index in [-0.39, 0.29) is 12.4 Å². The zero-order valence-corrected chi connectivity index (χ0v) is 24.2. The summed E-state index contributed by atoms with van der Waals surface area (Å²) in [4.78, 5) is 20.3. The largest absolute Gasteiger partial charge is 0.492 e. The van der Waals surface area contributed by atoms with Crippen LogP contribution < -0.4 is 15.8 Å². The molecule has 1 aliphatic heterocycles. The van der Waals surface area contributed by atoms with Crippen molar-refractivity contribution in [1.82, 2.24) is 9.88 Å². The van der Waals surface area contributed by atoms with E-state index in [0.717, 1.165) is 97.4 Å². The number of ether oxygens (including phenoxy) is 1. The first-order valence-corrected chi connectivity index (χ1v) is 14.8. The Morgan fingerprint density at radius 3 is 2.71 bits per heavy atom. The second kappa shape index (κ2) is 15.7. The van der Waals surface area contributed by atoms with Crippen molar-refractivity contribution in [2.24, 2.45) is 5.73 Å². The van der Waals surface area contributed by atoms with E-state index >= 15 is 0 Å². The molecule has 0 spiro atoms. The lowest BCUT2D eigenvalue weighted by atomic mass is 10.1. The summed E-state index contributed by atoms with van der Waals surface area (Å²) in [6.45, 7) is 4.97. The molecule has 0 fully saturated rings. The third-order valence-electron chi connectivity index (χ3n) is 6.99. The summed E-state index contributed by atoms with van der Waals surface area (Å²) in [5.74, 6) is -0.700. The Morgan fingerprint density at radius 2 is 1.90 bits per heavy atom. The van der Waals surface area contributed by atoms with Crippen LogP contribution in [0.5, 0.6) is 5.75 Å². The highest BCUT2D eigenvalue weighted by atomic mass is 32.2. The number of hydrogen-bond donors (Lipinski definition) is 2. The van der Waals surface area contributed by atoms with E-state index in [1.54, 1.807) is 0 Å². The molecular weight excluding hydrogens is 546 g/mol. The minimum Gasteiger partial charge on any atom is -0.492 e. The minimum atomic E-state index is -0.778. The van der Waals surface area contributed by atoms with E-state index in [1.165, 1.54) is 5.56 Å². The zero-order chi connectivity index (χ0) is 29.0. The lowest BCUT2D eigenvalue weighted by molar-refractivity contribution is -0.134. The standard InChI is InChI=1S/C31H38F2N4O3S/c1-22-7-2-3-10-29(22)41-40-31(38)28(34)13-16-37(17-18-39-27-20-24(32)19-25(33)21-27)15-5-4-9-26-12-11-23-8-6-14-35-30(23)36-26/h2-3,7,10-12,19-21,28H,4-6,8-9,13-18,34H2,1H3,(H,35,36)/t28-/m0/s1. The molecule has 0 saturated carbocycles. The summed E-state index contributed by atoms with van der Waals surface area (Å²) in [7, 11) is 0. The molecule has 0 aliphatic carbocycles. The van der Waals surface area contributed by atoms with Crippen molar-refractivity contribution in [3.05, 3.63) is 83.1 Å². The van der Waals surface area contributed by atoms with Crippen LogP contribution in [0, 0.1) is 18.6 Å². The average molecular weight is 585 g/mol. The molecule has 1 aromatic heterocycles. The molecule has 41 heavy (non-hydrogen) atoms. The second-order valence-electron chi connectivity index (χ2n) is 10.2. The van der Waals surface area contributed by atoms with E-state index in [2.05, 4.69) is 22.3 Å².